The average molecular weight is 190 g/mol. The number of fused-ring (bicyclic) bond motifs is 1. The van der Waals surface area contributed by atoms with Gasteiger partial charge in [0.25, 0.3) is 0 Å². The Hall–Kier alpha value is -2.09. The van der Waals surface area contributed by atoms with Crippen LogP contribution >= 0.6 is 0 Å². The van der Waals surface area contributed by atoms with Crippen molar-refractivity contribution >= 4 is 16.8 Å². The number of diazo groups is 1. The lowest BCUT2D eigenvalue weighted by Crippen LogP contribution is -2.11. The van der Waals surface area contributed by atoms with Gasteiger partial charge in [-0.3, -0.25) is 4.57 Å². The minimum Gasteiger partial charge on any atom is -0.407 e. The molecule has 0 aliphatic heterocycles. The topological polar surface area (TPSA) is 63.3 Å². The van der Waals surface area contributed by atoms with Crippen LogP contribution in [0.25, 0.3) is 16.1 Å². The van der Waals surface area contributed by atoms with Crippen molar-refractivity contribution in [2.75, 3.05) is 0 Å². The van der Waals surface area contributed by atoms with Crippen molar-refractivity contribution in [1.82, 2.24) is 4.57 Å². The molecule has 70 valence electrons. The molecule has 0 saturated carbocycles. The number of oxazole rings is 1. The summed E-state index contributed by atoms with van der Waals surface area (Å²) in [7, 11) is 0. The van der Waals surface area contributed by atoms with Crippen LogP contribution in [0.5, 0.6) is 0 Å². The van der Waals surface area contributed by atoms with Crippen LogP contribution in [0.4, 0.5) is 5.69 Å². The Balaban J connectivity index is 2.83. The highest BCUT2D eigenvalue weighted by Gasteiger charge is 2.12. The summed E-state index contributed by atoms with van der Waals surface area (Å²) < 4.78 is 6.48. The zero-order valence-corrected chi connectivity index (χ0v) is 7.60. The summed E-state index contributed by atoms with van der Waals surface area (Å²) in [6.07, 6.45) is 0. The van der Waals surface area contributed by atoms with E-state index in [1.165, 1.54) is 10.6 Å². The van der Waals surface area contributed by atoms with Gasteiger partial charge in [-0.2, -0.15) is 0 Å². The summed E-state index contributed by atoms with van der Waals surface area (Å²) in [6, 6.07) is 4.82. The van der Waals surface area contributed by atoms with Crippen molar-refractivity contribution in [2.24, 2.45) is 0 Å². The van der Waals surface area contributed by atoms with E-state index in [4.69, 9.17) is 9.81 Å². The summed E-state index contributed by atoms with van der Waals surface area (Å²) in [5.41, 5.74) is 1.52. The third-order valence-corrected chi connectivity index (χ3v) is 2.08. The fraction of sp³-hybridized carbons (Fsp3) is 0.222. The third kappa shape index (κ3) is 1.09. The van der Waals surface area contributed by atoms with Crippen LogP contribution < -0.4 is 5.76 Å². The quantitative estimate of drug-likeness (QED) is 0.647. The SMILES string of the molecule is CCn1c(=O)oc2cc([N+]#N)ccc21. The van der Waals surface area contributed by atoms with Crippen LogP contribution in [0.2, 0.25) is 0 Å². The first-order valence-corrected chi connectivity index (χ1v) is 4.24. The number of hydrogen-bond acceptors (Lipinski definition) is 3. The summed E-state index contributed by atoms with van der Waals surface area (Å²) in [6.45, 7) is 2.42. The molecule has 0 spiro atoms. The molecule has 5 nitrogen and oxygen atoms in total. The third-order valence-electron chi connectivity index (χ3n) is 2.08. The van der Waals surface area contributed by atoms with E-state index in [9.17, 15) is 4.79 Å². The first-order valence-electron chi connectivity index (χ1n) is 4.24. The maximum absolute atomic E-state index is 11.3. The van der Waals surface area contributed by atoms with Crippen molar-refractivity contribution in [3.8, 4) is 0 Å². The van der Waals surface area contributed by atoms with Crippen LogP contribution in [-0.4, -0.2) is 4.57 Å². The highest BCUT2D eigenvalue weighted by atomic mass is 16.4. The van der Waals surface area contributed by atoms with Crippen molar-refractivity contribution in [3.05, 3.63) is 33.7 Å². The molecule has 0 aliphatic carbocycles. The molecule has 1 heterocycles. The minimum absolute atomic E-state index is 0.370. The highest BCUT2D eigenvalue weighted by molar-refractivity contribution is 5.77. The van der Waals surface area contributed by atoms with Gasteiger partial charge in [-0.05, 0) is 13.0 Å². The molecule has 0 fully saturated rings. The van der Waals surface area contributed by atoms with Crippen molar-refractivity contribution in [3.63, 3.8) is 0 Å². The molecule has 5 heteroatoms. The molecule has 0 aliphatic rings. The smallest absolute Gasteiger partial charge is 0.407 e. The predicted octanol–water partition coefficient (Wildman–Crippen LogP) is 2.10. The molecule has 1 aromatic carbocycles. The zero-order chi connectivity index (χ0) is 10.1. The average Bonchev–Trinajstić information content (AvgIpc) is 2.51. The molecule has 0 bridgehead atoms. The van der Waals surface area contributed by atoms with Crippen molar-refractivity contribution in [1.29, 1.82) is 5.39 Å². The van der Waals surface area contributed by atoms with Gasteiger partial charge in [-0.25, -0.2) is 4.79 Å². The standard InChI is InChI=1S/C9H8N3O2/c1-2-12-7-4-3-6(11-10)5-8(7)14-9(12)13/h3-5H,2H2,1H3/q+1. The lowest BCUT2D eigenvalue weighted by Gasteiger charge is -1.92. The molecule has 0 radical (unpaired) electrons. The van der Waals surface area contributed by atoms with Crippen LogP contribution in [0, 0.1) is 5.39 Å². The van der Waals surface area contributed by atoms with E-state index in [0.717, 1.165) is 0 Å². The maximum Gasteiger partial charge on any atom is 0.419 e. The number of aromatic nitrogens is 1. The fourth-order valence-electron chi connectivity index (χ4n) is 1.42. The molecular weight excluding hydrogens is 182 g/mol. The van der Waals surface area contributed by atoms with Crippen molar-refractivity contribution < 1.29 is 4.42 Å². The Kier molecular flexibility index (Phi) is 1.82. The summed E-state index contributed by atoms with van der Waals surface area (Å²) >= 11 is 0. The number of hydrogen-bond donors (Lipinski definition) is 0. The zero-order valence-electron chi connectivity index (χ0n) is 7.60. The van der Waals surface area contributed by atoms with Crippen LogP contribution in [0.3, 0.4) is 0 Å². The van der Waals surface area contributed by atoms with Crippen LogP contribution in [-0.2, 0) is 6.54 Å². The fourth-order valence-corrected chi connectivity index (χ4v) is 1.42. The Morgan fingerprint density at radius 3 is 3.00 bits per heavy atom. The lowest BCUT2D eigenvalue weighted by molar-refractivity contribution is 0.513. The second kappa shape index (κ2) is 3.00. The lowest BCUT2D eigenvalue weighted by atomic mass is 10.3. The molecule has 14 heavy (non-hydrogen) atoms. The van der Waals surface area contributed by atoms with Crippen LogP contribution in [0.15, 0.2) is 27.4 Å². The van der Waals surface area contributed by atoms with E-state index >= 15 is 0 Å². The molecule has 0 N–H and O–H groups in total. The van der Waals surface area contributed by atoms with E-state index < -0.39 is 5.76 Å². The van der Waals surface area contributed by atoms with Crippen molar-refractivity contribution in [2.45, 2.75) is 13.5 Å². The Bertz CT molecular complexity index is 574. The second-order valence-corrected chi connectivity index (χ2v) is 2.86. The Morgan fingerprint density at radius 2 is 2.36 bits per heavy atom. The molecule has 0 unspecified atom stereocenters. The Morgan fingerprint density at radius 1 is 1.57 bits per heavy atom. The minimum atomic E-state index is -0.391. The van der Waals surface area contributed by atoms with Gasteiger partial charge >= 0.3 is 11.4 Å². The maximum atomic E-state index is 11.3. The second-order valence-electron chi connectivity index (χ2n) is 2.86. The summed E-state index contributed by atoms with van der Waals surface area (Å²) in [5.74, 6) is -0.391. The normalized spacial score (nSPS) is 10.3. The molecule has 1 aromatic heterocycles. The molecular formula is C9H8N3O2+. The van der Waals surface area contributed by atoms with Gasteiger partial charge in [-0.15, -0.1) is 0 Å². The number of nitrogens with zero attached hydrogens (tertiary/aromatic N) is 3. The van der Waals surface area contributed by atoms with Crippen LogP contribution in [0.1, 0.15) is 6.92 Å². The van der Waals surface area contributed by atoms with Gasteiger partial charge < -0.3 is 4.42 Å². The predicted molar refractivity (Wildman–Crippen MR) is 50.9 cm³/mol. The van der Waals surface area contributed by atoms with E-state index in [0.29, 0.717) is 23.3 Å². The summed E-state index contributed by atoms with van der Waals surface area (Å²) in [5, 5.41) is 8.53. The molecule has 0 amide bonds. The number of rotatable bonds is 1. The van der Waals surface area contributed by atoms with Gasteiger partial charge in [0, 0.05) is 12.6 Å². The first-order chi connectivity index (χ1) is 6.76. The van der Waals surface area contributed by atoms with E-state index in [-0.39, 0.29) is 0 Å². The van der Waals surface area contributed by atoms with Gasteiger partial charge in [0.15, 0.2) is 10.6 Å². The molecule has 2 aromatic rings. The highest BCUT2D eigenvalue weighted by Crippen LogP contribution is 2.20. The molecule has 0 saturated heterocycles. The molecule has 2 rings (SSSR count). The van der Waals surface area contributed by atoms with E-state index in [1.54, 1.807) is 12.1 Å². The van der Waals surface area contributed by atoms with E-state index in [1.807, 2.05) is 6.92 Å². The van der Waals surface area contributed by atoms with Gasteiger partial charge in [0.1, 0.15) is 0 Å². The van der Waals surface area contributed by atoms with Gasteiger partial charge in [0.05, 0.1) is 11.6 Å². The van der Waals surface area contributed by atoms with Gasteiger partial charge in [-0.1, -0.05) is 0 Å². The molecule has 0 atom stereocenters. The monoisotopic (exact) mass is 190 g/mol. The Labute approximate surface area is 79.2 Å². The van der Waals surface area contributed by atoms with E-state index in [2.05, 4.69) is 4.98 Å². The number of benzene rings is 1. The largest absolute Gasteiger partial charge is 0.419 e. The van der Waals surface area contributed by atoms with Gasteiger partial charge in [0.2, 0.25) is 5.39 Å². The first kappa shape index (κ1) is 8.51. The summed E-state index contributed by atoms with van der Waals surface area (Å²) in [4.78, 5) is 14.3. The number of aryl methyl sites for hydroxylation is 1.